The molecule has 1 aliphatic carbocycles. The van der Waals surface area contributed by atoms with E-state index in [0.29, 0.717) is 23.6 Å². The second-order valence-corrected chi connectivity index (χ2v) is 5.58. The summed E-state index contributed by atoms with van der Waals surface area (Å²) in [5.41, 5.74) is 0.942. The van der Waals surface area contributed by atoms with E-state index >= 15 is 0 Å². The van der Waals surface area contributed by atoms with Gasteiger partial charge in [-0.1, -0.05) is 12.1 Å². The van der Waals surface area contributed by atoms with Gasteiger partial charge in [0.25, 0.3) is 0 Å². The maximum absolute atomic E-state index is 13.6. The Labute approximate surface area is 135 Å². The molecule has 0 aliphatic heterocycles. The highest BCUT2D eigenvalue weighted by molar-refractivity contribution is 5.27. The average Bonchev–Trinajstić information content (AvgIpc) is 3.32. The van der Waals surface area contributed by atoms with Gasteiger partial charge in [0.15, 0.2) is 5.82 Å². The molecule has 1 aromatic carbocycles. The summed E-state index contributed by atoms with van der Waals surface area (Å²) < 4.78 is 59.0. The standard InChI is InChI=1S/C16H14F4N2O2/c17-13-8-21-15(22-14(13)7-10-1-2-10)23-9-11-3-5-12(6-4-11)24-16(18,19)20/h3-6,8,10H,1-2,7,9H2. The number of aromatic nitrogens is 2. The SMILES string of the molecule is Fc1cnc(OCc2ccc(OC(F)(F)F)cc2)nc1CC1CC1. The molecule has 2 aromatic rings. The van der Waals surface area contributed by atoms with Crippen molar-refractivity contribution in [3.05, 3.63) is 47.5 Å². The van der Waals surface area contributed by atoms with Crippen molar-refractivity contribution in [1.29, 1.82) is 0 Å². The van der Waals surface area contributed by atoms with Gasteiger partial charge in [0, 0.05) is 0 Å². The molecule has 1 aliphatic rings. The predicted octanol–water partition coefficient (Wildman–Crippen LogP) is 4.05. The van der Waals surface area contributed by atoms with Crippen LogP contribution in [0.2, 0.25) is 0 Å². The lowest BCUT2D eigenvalue weighted by atomic mass is 10.2. The van der Waals surface area contributed by atoms with Gasteiger partial charge in [-0.2, -0.15) is 4.98 Å². The molecular formula is C16H14F4N2O2. The van der Waals surface area contributed by atoms with E-state index < -0.39 is 12.2 Å². The van der Waals surface area contributed by atoms with Gasteiger partial charge in [-0.25, -0.2) is 9.37 Å². The number of alkyl halides is 3. The predicted molar refractivity (Wildman–Crippen MR) is 75.9 cm³/mol. The number of nitrogens with zero attached hydrogens (tertiary/aromatic N) is 2. The number of hydrogen-bond donors (Lipinski definition) is 0. The topological polar surface area (TPSA) is 44.2 Å². The molecule has 0 amide bonds. The van der Waals surface area contributed by atoms with Crippen LogP contribution in [0.25, 0.3) is 0 Å². The molecule has 0 radical (unpaired) electrons. The molecule has 1 fully saturated rings. The molecule has 8 heteroatoms. The molecule has 0 spiro atoms. The summed E-state index contributed by atoms with van der Waals surface area (Å²) in [5.74, 6) is -0.290. The summed E-state index contributed by atoms with van der Waals surface area (Å²) in [5, 5.41) is 0. The first-order valence-electron chi connectivity index (χ1n) is 7.38. The maximum atomic E-state index is 13.6. The molecule has 1 aromatic heterocycles. The van der Waals surface area contributed by atoms with Crippen molar-refractivity contribution in [3.8, 4) is 11.8 Å². The molecule has 1 heterocycles. The normalized spacial score (nSPS) is 14.5. The first kappa shape index (κ1) is 16.5. The molecule has 4 nitrogen and oxygen atoms in total. The van der Waals surface area contributed by atoms with Gasteiger partial charge in [0.2, 0.25) is 0 Å². The zero-order valence-corrected chi connectivity index (χ0v) is 12.5. The van der Waals surface area contributed by atoms with Crippen LogP contribution in [-0.2, 0) is 13.0 Å². The summed E-state index contributed by atoms with van der Waals surface area (Å²) in [4.78, 5) is 7.82. The van der Waals surface area contributed by atoms with Crippen LogP contribution >= 0.6 is 0 Å². The summed E-state index contributed by atoms with van der Waals surface area (Å²) >= 11 is 0. The van der Waals surface area contributed by atoms with E-state index in [1.165, 1.54) is 24.3 Å². The minimum atomic E-state index is -4.72. The fourth-order valence-electron chi connectivity index (χ4n) is 2.13. The van der Waals surface area contributed by atoms with Crippen LogP contribution in [0.4, 0.5) is 17.6 Å². The largest absolute Gasteiger partial charge is 0.573 e. The van der Waals surface area contributed by atoms with Crippen LogP contribution in [-0.4, -0.2) is 16.3 Å². The van der Waals surface area contributed by atoms with Gasteiger partial charge < -0.3 is 9.47 Å². The van der Waals surface area contributed by atoms with Crippen LogP contribution in [0.1, 0.15) is 24.1 Å². The van der Waals surface area contributed by atoms with E-state index in [4.69, 9.17) is 4.74 Å². The van der Waals surface area contributed by atoms with Gasteiger partial charge in [-0.15, -0.1) is 13.2 Å². The number of benzene rings is 1. The van der Waals surface area contributed by atoms with Crippen LogP contribution in [0.15, 0.2) is 30.5 Å². The first-order chi connectivity index (χ1) is 11.4. The highest BCUT2D eigenvalue weighted by atomic mass is 19.4. The Hall–Kier alpha value is -2.38. The van der Waals surface area contributed by atoms with Crippen LogP contribution in [0.3, 0.4) is 0 Å². The Balaban J connectivity index is 1.59. The third kappa shape index (κ3) is 4.81. The Morgan fingerprint density at radius 2 is 1.83 bits per heavy atom. The number of hydrogen-bond acceptors (Lipinski definition) is 4. The van der Waals surface area contributed by atoms with Crippen molar-refractivity contribution >= 4 is 0 Å². The Kier molecular flexibility index (Phi) is 4.55. The van der Waals surface area contributed by atoms with Gasteiger partial charge in [-0.05, 0) is 42.9 Å². The summed E-state index contributed by atoms with van der Waals surface area (Å²) in [6.07, 6.45) is -0.940. The first-order valence-corrected chi connectivity index (χ1v) is 7.38. The third-order valence-corrected chi connectivity index (χ3v) is 3.50. The van der Waals surface area contributed by atoms with E-state index in [-0.39, 0.29) is 18.4 Å². The molecule has 1 saturated carbocycles. The van der Waals surface area contributed by atoms with Crippen LogP contribution < -0.4 is 9.47 Å². The fraction of sp³-hybridized carbons (Fsp3) is 0.375. The summed E-state index contributed by atoms with van der Waals surface area (Å²) in [6.45, 7) is 0.0563. The smallest absolute Gasteiger partial charge is 0.459 e. The summed E-state index contributed by atoms with van der Waals surface area (Å²) in [7, 11) is 0. The molecule has 128 valence electrons. The lowest BCUT2D eigenvalue weighted by Crippen LogP contribution is -2.17. The van der Waals surface area contributed by atoms with Crippen molar-refractivity contribution < 1.29 is 27.0 Å². The fourth-order valence-corrected chi connectivity index (χ4v) is 2.13. The Morgan fingerprint density at radius 1 is 1.12 bits per heavy atom. The zero-order chi connectivity index (χ0) is 17.2. The van der Waals surface area contributed by atoms with E-state index in [1.807, 2.05) is 0 Å². The van der Waals surface area contributed by atoms with Crippen LogP contribution in [0.5, 0.6) is 11.8 Å². The lowest BCUT2D eigenvalue weighted by Gasteiger charge is -2.10. The molecule has 0 bridgehead atoms. The van der Waals surface area contributed by atoms with Crippen molar-refractivity contribution in [2.45, 2.75) is 32.2 Å². The maximum Gasteiger partial charge on any atom is 0.573 e. The van der Waals surface area contributed by atoms with E-state index in [2.05, 4.69) is 14.7 Å². The lowest BCUT2D eigenvalue weighted by molar-refractivity contribution is -0.274. The Bertz CT molecular complexity index is 700. The average molecular weight is 342 g/mol. The third-order valence-electron chi connectivity index (χ3n) is 3.50. The summed E-state index contributed by atoms with van der Waals surface area (Å²) in [6, 6.07) is 5.31. The van der Waals surface area contributed by atoms with E-state index in [1.54, 1.807) is 0 Å². The second kappa shape index (κ2) is 6.62. The second-order valence-electron chi connectivity index (χ2n) is 5.58. The monoisotopic (exact) mass is 342 g/mol. The Morgan fingerprint density at radius 3 is 2.46 bits per heavy atom. The molecule has 3 rings (SSSR count). The van der Waals surface area contributed by atoms with Gasteiger partial charge >= 0.3 is 12.4 Å². The minimum Gasteiger partial charge on any atom is -0.459 e. The number of halogens is 4. The number of rotatable bonds is 6. The van der Waals surface area contributed by atoms with Crippen molar-refractivity contribution in [2.75, 3.05) is 0 Å². The molecule has 0 saturated heterocycles. The van der Waals surface area contributed by atoms with Crippen molar-refractivity contribution in [3.63, 3.8) is 0 Å². The molecular weight excluding hydrogens is 328 g/mol. The molecule has 24 heavy (non-hydrogen) atoms. The highest BCUT2D eigenvalue weighted by Crippen LogP contribution is 2.32. The number of ether oxygens (including phenoxy) is 2. The van der Waals surface area contributed by atoms with Gasteiger partial charge in [-0.3, -0.25) is 0 Å². The quantitative estimate of drug-likeness (QED) is 0.743. The zero-order valence-electron chi connectivity index (χ0n) is 12.5. The van der Waals surface area contributed by atoms with E-state index in [0.717, 1.165) is 19.0 Å². The molecule has 0 atom stereocenters. The van der Waals surface area contributed by atoms with Crippen LogP contribution in [0, 0.1) is 11.7 Å². The van der Waals surface area contributed by atoms with Gasteiger partial charge in [0.05, 0.1) is 11.9 Å². The molecule has 0 N–H and O–H groups in total. The van der Waals surface area contributed by atoms with E-state index in [9.17, 15) is 17.6 Å². The highest BCUT2D eigenvalue weighted by Gasteiger charge is 2.31. The minimum absolute atomic E-state index is 0.0441. The molecule has 0 unspecified atom stereocenters. The van der Waals surface area contributed by atoms with Crippen molar-refractivity contribution in [1.82, 2.24) is 9.97 Å². The van der Waals surface area contributed by atoms with Gasteiger partial charge in [0.1, 0.15) is 12.4 Å². The van der Waals surface area contributed by atoms with Crippen molar-refractivity contribution in [2.24, 2.45) is 5.92 Å².